The van der Waals surface area contributed by atoms with Crippen molar-refractivity contribution in [2.24, 2.45) is 5.92 Å². The van der Waals surface area contributed by atoms with Crippen LogP contribution in [0.4, 0.5) is 5.69 Å². The second kappa shape index (κ2) is 6.44. The van der Waals surface area contributed by atoms with E-state index in [4.69, 9.17) is 0 Å². The Morgan fingerprint density at radius 1 is 1.27 bits per heavy atom. The summed E-state index contributed by atoms with van der Waals surface area (Å²) in [6.07, 6.45) is 7.52. The van der Waals surface area contributed by atoms with Gasteiger partial charge in [0.15, 0.2) is 0 Å². The monoisotopic (exact) mass is 206 g/mol. The zero-order chi connectivity index (χ0) is 11.1. The number of hydrogen-bond acceptors (Lipinski definition) is 2. The van der Waals surface area contributed by atoms with Crippen LogP contribution < -0.4 is 5.32 Å². The molecule has 2 heteroatoms. The Labute approximate surface area is 93.1 Å². The molecule has 1 aromatic heterocycles. The second-order valence-corrected chi connectivity index (χ2v) is 4.61. The van der Waals surface area contributed by atoms with Gasteiger partial charge in [-0.25, -0.2) is 0 Å². The Morgan fingerprint density at radius 3 is 2.67 bits per heavy atom. The predicted molar refractivity (Wildman–Crippen MR) is 66.0 cm³/mol. The molecule has 2 nitrogen and oxygen atoms in total. The SMILES string of the molecule is CC(C)CCCC(C)Nc1cccnc1. The molecule has 84 valence electrons. The van der Waals surface area contributed by atoms with Gasteiger partial charge in [-0.3, -0.25) is 4.98 Å². The Kier molecular flexibility index (Phi) is 5.16. The molecule has 0 fully saturated rings. The van der Waals surface area contributed by atoms with Crippen molar-refractivity contribution in [2.75, 3.05) is 5.32 Å². The summed E-state index contributed by atoms with van der Waals surface area (Å²) >= 11 is 0. The number of nitrogens with one attached hydrogen (secondary N) is 1. The molecule has 0 bridgehead atoms. The summed E-state index contributed by atoms with van der Waals surface area (Å²) < 4.78 is 0. The van der Waals surface area contributed by atoms with Crippen molar-refractivity contribution >= 4 is 5.69 Å². The van der Waals surface area contributed by atoms with E-state index in [0.717, 1.165) is 11.6 Å². The molecule has 0 aliphatic rings. The van der Waals surface area contributed by atoms with Crippen LogP contribution >= 0.6 is 0 Å². The first-order chi connectivity index (χ1) is 7.18. The van der Waals surface area contributed by atoms with Crippen LogP contribution in [0.2, 0.25) is 0 Å². The van der Waals surface area contributed by atoms with Crippen LogP contribution in [0.1, 0.15) is 40.0 Å². The molecular weight excluding hydrogens is 184 g/mol. The van der Waals surface area contributed by atoms with E-state index in [-0.39, 0.29) is 0 Å². The highest BCUT2D eigenvalue weighted by atomic mass is 14.9. The van der Waals surface area contributed by atoms with E-state index in [9.17, 15) is 0 Å². The van der Waals surface area contributed by atoms with Gasteiger partial charge in [0.05, 0.1) is 5.69 Å². The third-order valence-electron chi connectivity index (χ3n) is 2.49. The van der Waals surface area contributed by atoms with Crippen LogP contribution in [0, 0.1) is 5.92 Å². The number of aromatic nitrogens is 1. The number of anilines is 1. The molecule has 0 saturated carbocycles. The largest absolute Gasteiger partial charge is 0.381 e. The van der Waals surface area contributed by atoms with Crippen LogP contribution in [0.15, 0.2) is 24.5 Å². The minimum atomic E-state index is 0.535. The van der Waals surface area contributed by atoms with Gasteiger partial charge in [-0.2, -0.15) is 0 Å². The fraction of sp³-hybridized carbons (Fsp3) is 0.615. The summed E-state index contributed by atoms with van der Waals surface area (Å²) in [5.74, 6) is 0.815. The molecule has 0 spiro atoms. The fourth-order valence-corrected chi connectivity index (χ4v) is 1.64. The first kappa shape index (κ1) is 12.0. The van der Waals surface area contributed by atoms with E-state index in [2.05, 4.69) is 37.1 Å². The molecule has 1 unspecified atom stereocenters. The number of rotatable bonds is 6. The highest BCUT2D eigenvalue weighted by Crippen LogP contribution is 2.12. The van der Waals surface area contributed by atoms with Crippen molar-refractivity contribution in [3.63, 3.8) is 0 Å². The topological polar surface area (TPSA) is 24.9 Å². The summed E-state index contributed by atoms with van der Waals surface area (Å²) in [5.41, 5.74) is 1.12. The Hall–Kier alpha value is -1.05. The number of nitrogens with zero attached hydrogens (tertiary/aromatic N) is 1. The van der Waals surface area contributed by atoms with Gasteiger partial charge in [-0.1, -0.05) is 26.7 Å². The number of pyridine rings is 1. The van der Waals surface area contributed by atoms with Crippen LogP contribution in [0.25, 0.3) is 0 Å². The van der Waals surface area contributed by atoms with Gasteiger partial charge in [0.1, 0.15) is 0 Å². The number of hydrogen-bond donors (Lipinski definition) is 1. The maximum Gasteiger partial charge on any atom is 0.0528 e. The average Bonchev–Trinajstić information content (AvgIpc) is 2.18. The zero-order valence-corrected chi connectivity index (χ0v) is 10.0. The minimum Gasteiger partial charge on any atom is -0.381 e. The van der Waals surface area contributed by atoms with Gasteiger partial charge in [0.2, 0.25) is 0 Å². The molecule has 0 radical (unpaired) electrons. The van der Waals surface area contributed by atoms with Crippen LogP contribution in [-0.2, 0) is 0 Å². The predicted octanol–water partition coefficient (Wildman–Crippen LogP) is 3.71. The highest BCUT2D eigenvalue weighted by Gasteiger charge is 2.02. The van der Waals surface area contributed by atoms with E-state index >= 15 is 0 Å². The van der Waals surface area contributed by atoms with Crippen molar-refractivity contribution in [1.29, 1.82) is 0 Å². The van der Waals surface area contributed by atoms with E-state index in [0.29, 0.717) is 6.04 Å². The van der Waals surface area contributed by atoms with Crippen molar-refractivity contribution in [2.45, 2.75) is 46.1 Å². The lowest BCUT2D eigenvalue weighted by Gasteiger charge is -2.15. The van der Waals surface area contributed by atoms with Gasteiger partial charge in [0.25, 0.3) is 0 Å². The average molecular weight is 206 g/mol. The Morgan fingerprint density at radius 2 is 2.07 bits per heavy atom. The molecule has 0 aliphatic heterocycles. The fourth-order valence-electron chi connectivity index (χ4n) is 1.64. The molecule has 0 saturated heterocycles. The first-order valence-corrected chi connectivity index (χ1v) is 5.85. The molecule has 1 aromatic rings. The lowest BCUT2D eigenvalue weighted by atomic mass is 10.0. The van der Waals surface area contributed by atoms with Crippen molar-refractivity contribution in [3.05, 3.63) is 24.5 Å². The van der Waals surface area contributed by atoms with Crippen molar-refractivity contribution in [1.82, 2.24) is 4.98 Å². The lowest BCUT2D eigenvalue weighted by molar-refractivity contribution is 0.520. The minimum absolute atomic E-state index is 0.535. The van der Waals surface area contributed by atoms with Crippen LogP contribution in [0.3, 0.4) is 0 Å². The van der Waals surface area contributed by atoms with Crippen molar-refractivity contribution in [3.8, 4) is 0 Å². The van der Waals surface area contributed by atoms with Crippen LogP contribution in [0.5, 0.6) is 0 Å². The quantitative estimate of drug-likeness (QED) is 0.767. The first-order valence-electron chi connectivity index (χ1n) is 5.85. The van der Waals surface area contributed by atoms with Gasteiger partial charge in [0, 0.05) is 18.4 Å². The van der Waals surface area contributed by atoms with Gasteiger partial charge >= 0.3 is 0 Å². The molecule has 1 heterocycles. The summed E-state index contributed by atoms with van der Waals surface area (Å²) in [4.78, 5) is 4.08. The Bertz CT molecular complexity index is 256. The standard InChI is InChI=1S/C13H22N2/c1-11(2)6-4-7-12(3)15-13-8-5-9-14-10-13/h5,8-12,15H,4,6-7H2,1-3H3. The molecule has 0 aliphatic carbocycles. The van der Waals surface area contributed by atoms with Crippen LogP contribution in [-0.4, -0.2) is 11.0 Å². The summed E-state index contributed by atoms with van der Waals surface area (Å²) in [5, 5.41) is 3.45. The Balaban J connectivity index is 2.21. The maximum absolute atomic E-state index is 4.08. The normalized spacial score (nSPS) is 12.8. The molecular formula is C13H22N2. The van der Waals surface area contributed by atoms with Gasteiger partial charge in [-0.15, -0.1) is 0 Å². The molecule has 1 N–H and O–H groups in total. The molecule has 1 atom stereocenters. The molecule has 0 amide bonds. The summed E-state index contributed by atoms with van der Waals surface area (Å²) in [6.45, 7) is 6.78. The van der Waals surface area contributed by atoms with E-state index in [1.165, 1.54) is 19.3 Å². The van der Waals surface area contributed by atoms with Gasteiger partial charge in [-0.05, 0) is 31.4 Å². The summed E-state index contributed by atoms with van der Waals surface area (Å²) in [6, 6.07) is 4.56. The van der Waals surface area contributed by atoms with Gasteiger partial charge < -0.3 is 5.32 Å². The highest BCUT2D eigenvalue weighted by molar-refractivity contribution is 5.40. The molecule has 15 heavy (non-hydrogen) atoms. The van der Waals surface area contributed by atoms with E-state index in [1.807, 2.05) is 12.3 Å². The molecule has 1 rings (SSSR count). The maximum atomic E-state index is 4.08. The van der Waals surface area contributed by atoms with E-state index < -0.39 is 0 Å². The summed E-state index contributed by atoms with van der Waals surface area (Å²) in [7, 11) is 0. The third kappa shape index (κ3) is 5.40. The zero-order valence-electron chi connectivity index (χ0n) is 10.0. The lowest BCUT2D eigenvalue weighted by Crippen LogP contribution is -2.15. The third-order valence-corrected chi connectivity index (χ3v) is 2.49. The van der Waals surface area contributed by atoms with E-state index in [1.54, 1.807) is 6.20 Å². The second-order valence-electron chi connectivity index (χ2n) is 4.61. The smallest absolute Gasteiger partial charge is 0.0528 e. The molecule has 0 aromatic carbocycles. The van der Waals surface area contributed by atoms with Crippen molar-refractivity contribution < 1.29 is 0 Å².